The Labute approximate surface area is 130 Å². The number of nitrogens with zero attached hydrogens (tertiary/aromatic N) is 4. The lowest BCUT2D eigenvalue weighted by Gasteiger charge is -2.01. The fourth-order valence-corrected chi connectivity index (χ4v) is 2.26. The van der Waals surface area contributed by atoms with Crippen LogP contribution in [0.5, 0.6) is 0 Å². The van der Waals surface area contributed by atoms with Crippen LogP contribution in [0.4, 0.5) is 5.95 Å². The smallest absolute Gasteiger partial charge is 0.260 e. The number of anilines is 1. The Hall–Kier alpha value is -3.55. The Balaban J connectivity index is 1.60. The van der Waals surface area contributed by atoms with Crippen LogP contribution in [0.15, 0.2) is 48.8 Å². The van der Waals surface area contributed by atoms with Crippen LogP contribution in [-0.2, 0) is 0 Å². The molecule has 0 spiro atoms. The molecule has 0 aliphatic rings. The van der Waals surface area contributed by atoms with Crippen LogP contribution in [0.25, 0.3) is 22.4 Å². The number of H-pyrrole nitrogens is 2. The summed E-state index contributed by atoms with van der Waals surface area (Å²) < 4.78 is 0. The van der Waals surface area contributed by atoms with Crippen molar-refractivity contribution >= 4 is 22.8 Å². The van der Waals surface area contributed by atoms with E-state index in [1.165, 1.54) is 0 Å². The van der Waals surface area contributed by atoms with Crippen LogP contribution in [0.3, 0.4) is 0 Å². The number of hydrogen-bond acceptors (Lipinski definition) is 5. The lowest BCUT2D eigenvalue weighted by Crippen LogP contribution is -2.13. The number of aromatic nitrogens is 6. The average molecular weight is 305 g/mol. The van der Waals surface area contributed by atoms with Crippen molar-refractivity contribution in [2.75, 3.05) is 5.32 Å². The Kier molecular flexibility index (Phi) is 3.05. The fourth-order valence-electron chi connectivity index (χ4n) is 2.26. The number of pyridine rings is 1. The van der Waals surface area contributed by atoms with E-state index >= 15 is 0 Å². The number of para-hydroxylation sites is 1. The molecule has 1 aromatic carbocycles. The van der Waals surface area contributed by atoms with Crippen LogP contribution in [0.2, 0.25) is 0 Å². The summed E-state index contributed by atoms with van der Waals surface area (Å²) in [5, 5.41) is 17.0. The molecule has 0 atom stereocenters. The lowest BCUT2D eigenvalue weighted by atomic mass is 10.1. The molecule has 0 saturated carbocycles. The van der Waals surface area contributed by atoms with E-state index in [4.69, 9.17) is 0 Å². The monoisotopic (exact) mass is 305 g/mol. The minimum Gasteiger partial charge on any atom is -0.289 e. The second-order valence-corrected chi connectivity index (χ2v) is 4.82. The Bertz CT molecular complexity index is 974. The number of amides is 1. The topological polar surface area (TPSA) is 112 Å². The molecule has 3 heterocycles. The van der Waals surface area contributed by atoms with E-state index in [0.717, 1.165) is 5.39 Å². The number of fused-ring (bicyclic) bond motifs is 1. The van der Waals surface area contributed by atoms with Gasteiger partial charge in [0.05, 0.1) is 17.3 Å². The van der Waals surface area contributed by atoms with E-state index in [-0.39, 0.29) is 11.9 Å². The van der Waals surface area contributed by atoms with Gasteiger partial charge in [0.1, 0.15) is 5.69 Å². The first-order valence-corrected chi connectivity index (χ1v) is 6.88. The van der Waals surface area contributed by atoms with Gasteiger partial charge in [0.15, 0.2) is 5.82 Å². The predicted octanol–water partition coefficient (Wildman–Crippen LogP) is 2.00. The molecule has 3 N–H and O–H groups in total. The summed E-state index contributed by atoms with van der Waals surface area (Å²) in [5.41, 5.74) is 1.80. The maximum Gasteiger partial charge on any atom is 0.260 e. The highest BCUT2D eigenvalue weighted by Crippen LogP contribution is 2.17. The fraction of sp³-hybridized carbons (Fsp3) is 0. The highest BCUT2D eigenvalue weighted by atomic mass is 16.1. The molecule has 8 heteroatoms. The molecule has 0 fully saturated rings. The average Bonchev–Trinajstić information content (AvgIpc) is 3.24. The molecule has 112 valence electrons. The normalized spacial score (nSPS) is 10.8. The molecule has 23 heavy (non-hydrogen) atoms. The van der Waals surface area contributed by atoms with Crippen molar-refractivity contribution in [3.8, 4) is 11.5 Å². The summed E-state index contributed by atoms with van der Waals surface area (Å²) in [7, 11) is 0. The highest BCUT2D eigenvalue weighted by molar-refractivity contribution is 6.11. The first kappa shape index (κ1) is 13.1. The minimum atomic E-state index is -0.313. The van der Waals surface area contributed by atoms with Crippen LogP contribution < -0.4 is 5.32 Å². The minimum absolute atomic E-state index is 0.187. The summed E-state index contributed by atoms with van der Waals surface area (Å²) in [6, 6.07) is 10.8. The molecule has 0 aliphatic carbocycles. The van der Waals surface area contributed by atoms with Gasteiger partial charge in [-0.3, -0.25) is 25.3 Å². The third-order valence-corrected chi connectivity index (χ3v) is 3.34. The number of nitrogens with one attached hydrogen (secondary N) is 3. The number of carbonyl (C=O) groups is 1. The van der Waals surface area contributed by atoms with Crippen molar-refractivity contribution < 1.29 is 4.79 Å². The maximum atomic E-state index is 12.4. The number of rotatable bonds is 3. The molecule has 1 amide bonds. The molecule has 0 bridgehead atoms. The quantitative estimate of drug-likeness (QED) is 0.536. The predicted molar refractivity (Wildman–Crippen MR) is 83.7 cm³/mol. The van der Waals surface area contributed by atoms with Crippen molar-refractivity contribution in [2.45, 2.75) is 0 Å². The van der Waals surface area contributed by atoms with E-state index < -0.39 is 0 Å². The Morgan fingerprint density at radius 2 is 2.04 bits per heavy atom. The van der Waals surface area contributed by atoms with E-state index in [1.807, 2.05) is 18.2 Å². The molecule has 4 aromatic rings. The maximum absolute atomic E-state index is 12.4. The van der Waals surface area contributed by atoms with Gasteiger partial charge in [-0.05, 0) is 18.2 Å². The van der Waals surface area contributed by atoms with Crippen LogP contribution >= 0.6 is 0 Å². The SMILES string of the molecule is O=C(Nc1n[nH]c(-c2ccccn2)n1)c1cccc2cn[nH]c12. The molecule has 8 nitrogen and oxygen atoms in total. The second-order valence-electron chi connectivity index (χ2n) is 4.82. The van der Waals surface area contributed by atoms with Crippen molar-refractivity contribution in [3.05, 3.63) is 54.4 Å². The first-order valence-electron chi connectivity index (χ1n) is 6.88. The van der Waals surface area contributed by atoms with Crippen molar-refractivity contribution in [3.63, 3.8) is 0 Å². The van der Waals surface area contributed by atoms with Gasteiger partial charge in [0, 0.05) is 11.6 Å². The summed E-state index contributed by atoms with van der Waals surface area (Å²) in [6.07, 6.45) is 3.33. The van der Waals surface area contributed by atoms with Crippen molar-refractivity contribution in [1.82, 2.24) is 30.4 Å². The molecular weight excluding hydrogens is 294 g/mol. The lowest BCUT2D eigenvalue weighted by molar-refractivity contribution is 0.102. The number of carbonyl (C=O) groups excluding carboxylic acids is 1. The second kappa shape index (κ2) is 5.34. The number of benzene rings is 1. The molecule has 0 radical (unpaired) electrons. The zero-order chi connectivity index (χ0) is 15.6. The third kappa shape index (κ3) is 2.42. The molecule has 0 saturated heterocycles. The van der Waals surface area contributed by atoms with Gasteiger partial charge >= 0.3 is 0 Å². The zero-order valence-corrected chi connectivity index (χ0v) is 11.8. The van der Waals surface area contributed by atoms with Crippen LogP contribution in [0, 0.1) is 0 Å². The van der Waals surface area contributed by atoms with Crippen LogP contribution in [0.1, 0.15) is 10.4 Å². The third-order valence-electron chi connectivity index (χ3n) is 3.34. The van der Waals surface area contributed by atoms with Gasteiger partial charge in [-0.25, -0.2) is 0 Å². The summed E-state index contributed by atoms with van der Waals surface area (Å²) in [6.45, 7) is 0. The standard InChI is InChI=1S/C15H11N7O/c23-14(10-5-3-4-9-8-17-20-12(9)10)19-15-18-13(21-22-15)11-6-1-2-7-16-11/h1-8H,(H,17,20)(H2,18,19,21,22,23). The van der Waals surface area contributed by atoms with Crippen molar-refractivity contribution in [2.24, 2.45) is 0 Å². The largest absolute Gasteiger partial charge is 0.289 e. The van der Waals surface area contributed by atoms with Gasteiger partial charge in [0.25, 0.3) is 5.91 Å². The first-order chi connectivity index (χ1) is 11.3. The molecule has 4 rings (SSSR count). The van der Waals surface area contributed by atoms with Gasteiger partial charge in [0.2, 0.25) is 5.95 Å². The van der Waals surface area contributed by atoms with E-state index in [0.29, 0.717) is 22.6 Å². The van der Waals surface area contributed by atoms with Crippen LogP contribution in [-0.4, -0.2) is 36.3 Å². The molecule has 0 unspecified atom stereocenters. The summed E-state index contributed by atoms with van der Waals surface area (Å²) >= 11 is 0. The van der Waals surface area contributed by atoms with Gasteiger partial charge in [-0.15, -0.1) is 5.10 Å². The summed E-state index contributed by atoms with van der Waals surface area (Å²) in [4.78, 5) is 20.8. The highest BCUT2D eigenvalue weighted by Gasteiger charge is 2.14. The molecule has 0 aliphatic heterocycles. The molecular formula is C15H11N7O. The van der Waals surface area contributed by atoms with Gasteiger partial charge in [-0.2, -0.15) is 10.1 Å². The van der Waals surface area contributed by atoms with Gasteiger partial charge in [-0.1, -0.05) is 18.2 Å². The Morgan fingerprint density at radius 3 is 2.91 bits per heavy atom. The van der Waals surface area contributed by atoms with E-state index in [1.54, 1.807) is 30.6 Å². The number of aromatic amines is 2. The zero-order valence-electron chi connectivity index (χ0n) is 11.8. The van der Waals surface area contributed by atoms with Crippen molar-refractivity contribution in [1.29, 1.82) is 0 Å². The number of hydrogen-bond donors (Lipinski definition) is 3. The summed E-state index contributed by atoms with van der Waals surface area (Å²) in [5.74, 6) is 0.360. The molecule has 3 aromatic heterocycles. The van der Waals surface area contributed by atoms with E-state index in [9.17, 15) is 4.79 Å². The Morgan fingerprint density at radius 1 is 1.09 bits per heavy atom. The van der Waals surface area contributed by atoms with Gasteiger partial charge < -0.3 is 0 Å². The van der Waals surface area contributed by atoms with E-state index in [2.05, 4.69) is 35.7 Å².